The fourth-order valence-electron chi connectivity index (χ4n) is 1.48. The summed E-state index contributed by atoms with van der Waals surface area (Å²) in [6, 6.07) is 0. The lowest BCUT2D eigenvalue weighted by molar-refractivity contribution is -0.192. The lowest BCUT2D eigenvalue weighted by Crippen LogP contribution is -2.43. The Balaban J connectivity index is 2.95. The number of nitrogens with one attached hydrogen (secondary N) is 2. The Morgan fingerprint density at radius 2 is 1.84 bits per heavy atom. The van der Waals surface area contributed by atoms with Gasteiger partial charge in [-0.3, -0.25) is 24.4 Å². The number of nitrogens with zero attached hydrogens (tertiary/aromatic N) is 1. The first-order valence-electron chi connectivity index (χ1n) is 5.84. The van der Waals surface area contributed by atoms with Gasteiger partial charge in [-0.1, -0.05) is 0 Å². The molecule has 3 N–H and O–H groups in total. The maximum Gasteiger partial charge on any atom is 0.328 e. The Hall–Kier alpha value is -1.29. The molecule has 108 valence electrons. The molecular formula is C10H17N3O5S. The summed E-state index contributed by atoms with van der Waals surface area (Å²) in [5.41, 5.74) is -1.68. The first-order valence-corrected chi connectivity index (χ1v) is 6.25. The largest absolute Gasteiger partial charge is 0.386 e. The molecule has 0 saturated heterocycles. The van der Waals surface area contributed by atoms with Gasteiger partial charge in [0.2, 0.25) is 0 Å². The van der Waals surface area contributed by atoms with Gasteiger partial charge in [0.25, 0.3) is 0 Å². The van der Waals surface area contributed by atoms with E-state index < -0.39 is 23.5 Å². The summed E-state index contributed by atoms with van der Waals surface area (Å²) in [6.45, 7) is 4.01. The number of ether oxygens (including phenoxy) is 2. The van der Waals surface area contributed by atoms with Crippen molar-refractivity contribution in [1.29, 1.82) is 0 Å². The van der Waals surface area contributed by atoms with E-state index in [0.29, 0.717) is 13.2 Å². The highest BCUT2D eigenvalue weighted by Crippen LogP contribution is 2.04. The van der Waals surface area contributed by atoms with Crippen molar-refractivity contribution in [2.75, 3.05) is 13.2 Å². The maximum absolute atomic E-state index is 11.6. The third-order valence-corrected chi connectivity index (χ3v) is 2.64. The van der Waals surface area contributed by atoms with Crippen LogP contribution in [0, 0.1) is 4.77 Å². The monoisotopic (exact) mass is 291 g/mol. The van der Waals surface area contributed by atoms with Crippen LogP contribution in [0.25, 0.3) is 0 Å². The lowest BCUT2D eigenvalue weighted by Gasteiger charge is -2.22. The molecule has 0 radical (unpaired) electrons. The molecule has 0 aliphatic heterocycles. The molecule has 0 amide bonds. The van der Waals surface area contributed by atoms with Crippen LogP contribution in [0.2, 0.25) is 0 Å². The molecule has 1 aromatic heterocycles. The highest BCUT2D eigenvalue weighted by molar-refractivity contribution is 7.71. The van der Waals surface area contributed by atoms with Crippen molar-refractivity contribution in [1.82, 2.24) is 14.8 Å². The third-order valence-electron chi connectivity index (χ3n) is 2.31. The number of aromatic amines is 2. The van der Waals surface area contributed by atoms with E-state index in [-0.39, 0.29) is 11.3 Å². The molecule has 0 fully saturated rings. The van der Waals surface area contributed by atoms with Crippen LogP contribution in [-0.4, -0.2) is 45.5 Å². The van der Waals surface area contributed by atoms with E-state index >= 15 is 0 Å². The Labute approximate surface area is 114 Å². The molecular weight excluding hydrogens is 274 g/mol. The minimum absolute atomic E-state index is 0.00963. The standard InChI is InChI=1S/C10H17N3O5S/c1-3-17-9(18-4-2)6(14)5-13-8(16)7(15)11-12-10(13)19/h6,9,14H,3-5H2,1-2H3,(H,11,15)(H,12,19). The van der Waals surface area contributed by atoms with Crippen LogP contribution >= 0.6 is 12.2 Å². The second kappa shape index (κ2) is 7.34. The molecule has 0 aromatic carbocycles. The van der Waals surface area contributed by atoms with E-state index in [2.05, 4.69) is 10.2 Å². The summed E-state index contributed by atoms with van der Waals surface area (Å²) in [5.74, 6) is 0. The van der Waals surface area contributed by atoms with E-state index in [1.54, 1.807) is 13.8 Å². The lowest BCUT2D eigenvalue weighted by atomic mass is 10.3. The Morgan fingerprint density at radius 1 is 1.26 bits per heavy atom. The summed E-state index contributed by atoms with van der Waals surface area (Å²) in [6.07, 6.45) is -2.00. The van der Waals surface area contributed by atoms with E-state index in [4.69, 9.17) is 21.7 Å². The van der Waals surface area contributed by atoms with Crippen LogP contribution in [0.5, 0.6) is 0 Å². The van der Waals surface area contributed by atoms with Crippen molar-refractivity contribution in [2.45, 2.75) is 32.8 Å². The van der Waals surface area contributed by atoms with Gasteiger partial charge in [0.05, 0.1) is 6.54 Å². The summed E-state index contributed by atoms with van der Waals surface area (Å²) in [7, 11) is 0. The Morgan fingerprint density at radius 3 is 2.37 bits per heavy atom. The quantitative estimate of drug-likeness (QED) is 0.350. The number of aliphatic hydroxyl groups is 1. The van der Waals surface area contributed by atoms with Gasteiger partial charge in [0.1, 0.15) is 6.10 Å². The van der Waals surface area contributed by atoms with Gasteiger partial charge >= 0.3 is 11.1 Å². The number of aliphatic hydroxyl groups excluding tert-OH is 1. The normalized spacial score (nSPS) is 12.8. The minimum Gasteiger partial charge on any atom is -0.386 e. The van der Waals surface area contributed by atoms with Crippen LogP contribution < -0.4 is 11.1 Å². The predicted molar refractivity (Wildman–Crippen MR) is 69.6 cm³/mol. The molecule has 1 heterocycles. The molecule has 1 atom stereocenters. The van der Waals surface area contributed by atoms with E-state index in [1.807, 2.05) is 0 Å². The second-order valence-corrected chi connectivity index (χ2v) is 4.03. The van der Waals surface area contributed by atoms with E-state index in [1.165, 1.54) is 0 Å². The van der Waals surface area contributed by atoms with Crippen molar-refractivity contribution >= 4 is 12.2 Å². The van der Waals surface area contributed by atoms with Crippen LogP contribution in [-0.2, 0) is 16.0 Å². The smallest absolute Gasteiger partial charge is 0.328 e. The number of rotatable bonds is 7. The SMILES string of the molecule is CCOC(OCC)C(O)Cn1c(=S)[nH][nH]c(=O)c1=O. The summed E-state index contributed by atoms with van der Waals surface area (Å²) in [5, 5.41) is 14.4. The molecule has 0 spiro atoms. The molecule has 0 aliphatic rings. The zero-order valence-corrected chi connectivity index (χ0v) is 11.5. The molecule has 0 saturated carbocycles. The van der Waals surface area contributed by atoms with Crippen LogP contribution in [0.15, 0.2) is 9.59 Å². The summed E-state index contributed by atoms with van der Waals surface area (Å²) < 4.78 is 11.4. The van der Waals surface area contributed by atoms with Gasteiger partial charge in [-0.25, -0.2) is 0 Å². The zero-order chi connectivity index (χ0) is 14.4. The van der Waals surface area contributed by atoms with Gasteiger partial charge in [0.15, 0.2) is 11.1 Å². The average molecular weight is 291 g/mol. The van der Waals surface area contributed by atoms with Gasteiger partial charge in [0, 0.05) is 13.2 Å². The third kappa shape index (κ3) is 4.10. The highest BCUT2D eigenvalue weighted by atomic mass is 32.1. The molecule has 0 aliphatic carbocycles. The van der Waals surface area contributed by atoms with Crippen LogP contribution in [0.3, 0.4) is 0 Å². The topological polar surface area (TPSA) is 109 Å². The average Bonchev–Trinajstić information content (AvgIpc) is 2.38. The van der Waals surface area contributed by atoms with Crippen molar-refractivity contribution in [3.63, 3.8) is 0 Å². The number of aromatic nitrogens is 3. The molecule has 8 nitrogen and oxygen atoms in total. The van der Waals surface area contributed by atoms with Crippen molar-refractivity contribution < 1.29 is 14.6 Å². The molecule has 1 aromatic rings. The van der Waals surface area contributed by atoms with Gasteiger partial charge < -0.3 is 14.6 Å². The number of hydrogen-bond donors (Lipinski definition) is 3. The minimum atomic E-state index is -1.12. The van der Waals surface area contributed by atoms with Crippen molar-refractivity contribution in [2.24, 2.45) is 0 Å². The van der Waals surface area contributed by atoms with E-state index in [9.17, 15) is 14.7 Å². The first kappa shape index (κ1) is 15.8. The maximum atomic E-state index is 11.6. The second-order valence-electron chi connectivity index (χ2n) is 3.65. The van der Waals surface area contributed by atoms with Crippen LogP contribution in [0.1, 0.15) is 13.8 Å². The molecule has 9 heteroatoms. The first-order chi connectivity index (χ1) is 9.01. The number of hydrogen-bond acceptors (Lipinski definition) is 6. The van der Waals surface area contributed by atoms with Crippen molar-refractivity contribution in [3.05, 3.63) is 25.5 Å². The summed E-state index contributed by atoms with van der Waals surface area (Å²) >= 11 is 4.88. The predicted octanol–water partition coefficient (Wildman–Crippen LogP) is -0.646. The number of H-pyrrole nitrogens is 2. The zero-order valence-electron chi connectivity index (χ0n) is 10.7. The fraction of sp³-hybridized carbons (Fsp3) is 0.700. The van der Waals surface area contributed by atoms with Crippen LogP contribution in [0.4, 0.5) is 0 Å². The van der Waals surface area contributed by atoms with E-state index in [0.717, 1.165) is 4.57 Å². The Bertz CT molecular complexity index is 557. The van der Waals surface area contributed by atoms with Crippen molar-refractivity contribution in [3.8, 4) is 0 Å². The molecule has 0 bridgehead atoms. The molecule has 1 rings (SSSR count). The van der Waals surface area contributed by atoms with Gasteiger partial charge in [-0.05, 0) is 26.1 Å². The summed E-state index contributed by atoms with van der Waals surface area (Å²) in [4.78, 5) is 22.8. The Kier molecular flexibility index (Phi) is 6.09. The fourth-order valence-corrected chi connectivity index (χ4v) is 1.69. The molecule has 1 unspecified atom stereocenters. The van der Waals surface area contributed by atoms with Gasteiger partial charge in [-0.2, -0.15) is 0 Å². The highest BCUT2D eigenvalue weighted by Gasteiger charge is 2.21. The molecule has 19 heavy (non-hydrogen) atoms. The van der Waals surface area contributed by atoms with Gasteiger partial charge in [-0.15, -0.1) is 0 Å².